The fraction of sp³-hybridized carbons (Fsp3) is 0.750. The van der Waals surface area contributed by atoms with Crippen LogP contribution in [-0.2, 0) is 0 Å². The average molecular weight is 283 g/mol. The van der Waals surface area contributed by atoms with Crippen LogP contribution in [0, 0.1) is 0 Å². The first-order chi connectivity index (χ1) is 9.22. The Kier molecular flexibility index (Phi) is 5.07. The maximum absolute atomic E-state index is 5.52. The average Bonchev–Trinajstić information content (AvgIpc) is 2.44. The van der Waals surface area contributed by atoms with Crippen molar-refractivity contribution in [2.75, 3.05) is 42.7 Å². The monoisotopic (exact) mass is 283 g/mol. The summed E-state index contributed by atoms with van der Waals surface area (Å²) in [5.74, 6) is 2.37. The highest BCUT2D eigenvalue weighted by atomic mass is 32.2. The minimum Gasteiger partial charge on any atom is -0.463 e. The van der Waals surface area contributed by atoms with E-state index in [1.165, 1.54) is 0 Å². The molecule has 1 aromatic rings. The van der Waals surface area contributed by atoms with Crippen molar-refractivity contribution >= 4 is 23.7 Å². The van der Waals surface area contributed by atoms with Gasteiger partial charge in [0.1, 0.15) is 0 Å². The van der Waals surface area contributed by atoms with Crippen molar-refractivity contribution in [3.63, 3.8) is 0 Å². The number of thioether (sulfide) groups is 1. The van der Waals surface area contributed by atoms with E-state index in [2.05, 4.69) is 39.0 Å². The number of aromatic nitrogens is 3. The van der Waals surface area contributed by atoms with Crippen molar-refractivity contribution in [1.82, 2.24) is 15.0 Å². The summed E-state index contributed by atoms with van der Waals surface area (Å²) in [7, 11) is 1.80. The van der Waals surface area contributed by atoms with Gasteiger partial charge in [0.25, 0.3) is 0 Å². The zero-order chi connectivity index (χ0) is 13.7. The van der Waals surface area contributed by atoms with Crippen molar-refractivity contribution in [3.05, 3.63) is 0 Å². The van der Waals surface area contributed by atoms with Gasteiger partial charge in [-0.1, -0.05) is 13.8 Å². The van der Waals surface area contributed by atoms with Crippen LogP contribution in [0.1, 0.15) is 20.3 Å². The second-order valence-corrected chi connectivity index (χ2v) is 6.01. The van der Waals surface area contributed by atoms with Gasteiger partial charge in [-0.3, -0.25) is 0 Å². The van der Waals surface area contributed by atoms with Gasteiger partial charge in [0, 0.05) is 31.1 Å². The smallest absolute Gasteiger partial charge is 0.323 e. The summed E-state index contributed by atoms with van der Waals surface area (Å²) in [6, 6.07) is 0.405. The fourth-order valence-electron chi connectivity index (χ4n) is 1.86. The van der Waals surface area contributed by atoms with Crippen LogP contribution >= 0.6 is 11.8 Å². The second-order valence-electron chi connectivity index (χ2n) is 4.47. The number of rotatable bonds is 5. The quantitative estimate of drug-likeness (QED) is 0.881. The van der Waals surface area contributed by atoms with Crippen LogP contribution in [0.5, 0.6) is 6.01 Å². The Bertz CT molecular complexity index is 417. The van der Waals surface area contributed by atoms with Gasteiger partial charge < -0.3 is 15.0 Å². The summed E-state index contributed by atoms with van der Waals surface area (Å²) in [6.07, 6.45) is 0.938. The van der Waals surface area contributed by atoms with Crippen molar-refractivity contribution in [3.8, 4) is 6.01 Å². The SMILES string of the molecule is CCCOc1nc(NC)nc(N2CCSC(C)C2)n1. The molecule has 6 nitrogen and oxygen atoms in total. The molecule has 0 radical (unpaired) electrons. The molecule has 0 aliphatic carbocycles. The Balaban J connectivity index is 2.17. The number of nitrogens with zero attached hydrogens (tertiary/aromatic N) is 4. The molecule has 0 aromatic carbocycles. The lowest BCUT2D eigenvalue weighted by atomic mass is 10.4. The molecule has 1 aliphatic rings. The number of hydrogen-bond donors (Lipinski definition) is 1. The van der Waals surface area contributed by atoms with Crippen LogP contribution in [0.4, 0.5) is 11.9 Å². The molecule has 1 atom stereocenters. The maximum Gasteiger partial charge on any atom is 0.323 e. The van der Waals surface area contributed by atoms with Crippen LogP contribution in [0.25, 0.3) is 0 Å². The second kappa shape index (κ2) is 6.79. The lowest BCUT2D eigenvalue weighted by Crippen LogP contribution is -2.38. The van der Waals surface area contributed by atoms with E-state index < -0.39 is 0 Å². The molecule has 1 aliphatic heterocycles. The largest absolute Gasteiger partial charge is 0.463 e. The molecule has 0 bridgehead atoms. The molecule has 0 saturated carbocycles. The predicted octanol–water partition coefficient (Wildman–Crippen LogP) is 1.64. The lowest BCUT2D eigenvalue weighted by molar-refractivity contribution is 0.292. The first-order valence-corrected chi connectivity index (χ1v) is 7.71. The zero-order valence-electron chi connectivity index (χ0n) is 11.7. The van der Waals surface area contributed by atoms with Crippen LogP contribution < -0.4 is 15.0 Å². The third-order valence-corrected chi connectivity index (χ3v) is 3.92. The van der Waals surface area contributed by atoms with E-state index in [-0.39, 0.29) is 0 Å². The normalized spacial score (nSPS) is 19.3. The van der Waals surface area contributed by atoms with Gasteiger partial charge in [-0.15, -0.1) is 0 Å². The van der Waals surface area contributed by atoms with E-state index in [4.69, 9.17) is 4.74 Å². The number of nitrogens with one attached hydrogen (secondary N) is 1. The Labute approximate surface area is 118 Å². The molecule has 0 spiro atoms. The Hall–Kier alpha value is -1.24. The van der Waals surface area contributed by atoms with Gasteiger partial charge in [0.2, 0.25) is 11.9 Å². The molecule has 1 aromatic heterocycles. The minimum absolute atomic E-state index is 0.405. The number of anilines is 2. The first kappa shape index (κ1) is 14.2. The first-order valence-electron chi connectivity index (χ1n) is 6.66. The van der Waals surface area contributed by atoms with Gasteiger partial charge in [0.05, 0.1) is 6.61 Å². The highest BCUT2D eigenvalue weighted by Gasteiger charge is 2.20. The molecule has 106 valence electrons. The predicted molar refractivity (Wildman–Crippen MR) is 79.3 cm³/mol. The van der Waals surface area contributed by atoms with Gasteiger partial charge in [-0.05, 0) is 6.42 Å². The van der Waals surface area contributed by atoms with Gasteiger partial charge in [0.15, 0.2) is 0 Å². The van der Waals surface area contributed by atoms with Crippen molar-refractivity contribution in [1.29, 1.82) is 0 Å². The molecule has 1 N–H and O–H groups in total. The molecule has 19 heavy (non-hydrogen) atoms. The van der Waals surface area contributed by atoms with Crippen LogP contribution in [0.3, 0.4) is 0 Å². The van der Waals surface area contributed by atoms with Gasteiger partial charge >= 0.3 is 6.01 Å². The molecule has 2 heterocycles. The molecule has 7 heteroatoms. The third-order valence-electron chi connectivity index (χ3n) is 2.79. The van der Waals surface area contributed by atoms with E-state index in [1.807, 2.05) is 11.8 Å². The van der Waals surface area contributed by atoms with E-state index in [0.29, 0.717) is 29.8 Å². The lowest BCUT2D eigenvalue weighted by Gasteiger charge is -2.30. The standard InChI is InChI=1S/C12H21N5OS/c1-4-6-18-12-15-10(13-3)14-11(16-12)17-5-7-19-9(2)8-17/h9H,4-8H2,1-3H3,(H,13,14,15,16). The molecule has 1 fully saturated rings. The van der Waals surface area contributed by atoms with Crippen LogP contribution in [-0.4, -0.2) is 52.7 Å². The summed E-state index contributed by atoms with van der Waals surface area (Å²) in [6.45, 7) is 6.84. The Morgan fingerprint density at radius 1 is 1.42 bits per heavy atom. The number of hydrogen-bond acceptors (Lipinski definition) is 7. The molecule has 2 rings (SSSR count). The highest BCUT2D eigenvalue weighted by Crippen LogP contribution is 2.22. The molecule has 1 unspecified atom stereocenters. The highest BCUT2D eigenvalue weighted by molar-refractivity contribution is 8.00. The summed E-state index contributed by atoms with van der Waals surface area (Å²) < 4.78 is 5.52. The summed E-state index contributed by atoms with van der Waals surface area (Å²) in [5, 5.41) is 3.56. The Morgan fingerprint density at radius 2 is 2.26 bits per heavy atom. The Morgan fingerprint density at radius 3 is 2.95 bits per heavy atom. The van der Waals surface area contributed by atoms with E-state index in [1.54, 1.807) is 7.05 Å². The zero-order valence-corrected chi connectivity index (χ0v) is 12.5. The van der Waals surface area contributed by atoms with E-state index >= 15 is 0 Å². The summed E-state index contributed by atoms with van der Waals surface area (Å²) >= 11 is 1.98. The summed E-state index contributed by atoms with van der Waals surface area (Å²) in [5.41, 5.74) is 0. The molecule has 0 amide bonds. The van der Waals surface area contributed by atoms with Crippen molar-refractivity contribution in [2.24, 2.45) is 0 Å². The third kappa shape index (κ3) is 3.86. The van der Waals surface area contributed by atoms with Crippen LogP contribution in [0.15, 0.2) is 0 Å². The molecular weight excluding hydrogens is 262 g/mol. The molecular formula is C12H21N5OS. The van der Waals surface area contributed by atoms with Crippen molar-refractivity contribution < 1.29 is 4.74 Å². The van der Waals surface area contributed by atoms with E-state index in [9.17, 15) is 0 Å². The minimum atomic E-state index is 0.405. The van der Waals surface area contributed by atoms with Crippen molar-refractivity contribution in [2.45, 2.75) is 25.5 Å². The van der Waals surface area contributed by atoms with Gasteiger partial charge in [-0.25, -0.2) is 0 Å². The maximum atomic E-state index is 5.52. The molecule has 1 saturated heterocycles. The topological polar surface area (TPSA) is 63.2 Å². The van der Waals surface area contributed by atoms with Crippen LogP contribution in [0.2, 0.25) is 0 Å². The summed E-state index contributed by atoms with van der Waals surface area (Å²) in [4.78, 5) is 15.2. The fourth-order valence-corrected chi connectivity index (χ4v) is 2.87. The van der Waals surface area contributed by atoms with Gasteiger partial charge in [-0.2, -0.15) is 26.7 Å². The number of ether oxygens (including phenoxy) is 1. The van der Waals surface area contributed by atoms with E-state index in [0.717, 1.165) is 25.3 Å².